The van der Waals surface area contributed by atoms with Crippen molar-refractivity contribution < 1.29 is 0 Å². The highest BCUT2D eigenvalue weighted by molar-refractivity contribution is 5.75. The van der Waals surface area contributed by atoms with Gasteiger partial charge in [-0.3, -0.25) is 4.99 Å². The van der Waals surface area contributed by atoms with Crippen molar-refractivity contribution in [3.8, 4) is 0 Å². The van der Waals surface area contributed by atoms with Gasteiger partial charge in [-0.15, -0.1) is 0 Å². The standard InChI is InChI=1S/C8H19N5/c1-12-5-3-7-13(12)6-2-4-11-8(9)10/h2-7H2,1H3,(H4,9,10,11). The van der Waals surface area contributed by atoms with Crippen LogP contribution in [0.15, 0.2) is 4.99 Å². The first-order valence-corrected chi connectivity index (χ1v) is 4.71. The van der Waals surface area contributed by atoms with E-state index < -0.39 is 0 Å². The number of hydrogen-bond donors (Lipinski definition) is 2. The smallest absolute Gasteiger partial charge is 0.185 e. The van der Waals surface area contributed by atoms with E-state index in [1.807, 2.05) is 0 Å². The average Bonchev–Trinajstić information content (AvgIpc) is 2.45. The molecule has 0 aromatic rings. The molecule has 1 saturated heterocycles. The third kappa shape index (κ3) is 3.61. The number of rotatable bonds is 4. The van der Waals surface area contributed by atoms with Gasteiger partial charge in [-0.25, -0.2) is 10.0 Å². The average molecular weight is 185 g/mol. The number of aliphatic imine (C=N–C) groups is 1. The van der Waals surface area contributed by atoms with E-state index in [9.17, 15) is 0 Å². The molecule has 0 amide bonds. The molecule has 1 aliphatic rings. The largest absolute Gasteiger partial charge is 0.370 e. The van der Waals surface area contributed by atoms with Gasteiger partial charge in [0.25, 0.3) is 0 Å². The Labute approximate surface area is 79.4 Å². The van der Waals surface area contributed by atoms with E-state index in [-0.39, 0.29) is 5.96 Å². The molecule has 1 fully saturated rings. The molecule has 0 spiro atoms. The summed E-state index contributed by atoms with van der Waals surface area (Å²) in [5, 5.41) is 4.59. The Morgan fingerprint density at radius 2 is 2.15 bits per heavy atom. The summed E-state index contributed by atoms with van der Waals surface area (Å²) in [6.07, 6.45) is 2.28. The first-order valence-electron chi connectivity index (χ1n) is 4.71. The van der Waals surface area contributed by atoms with Crippen LogP contribution in [-0.2, 0) is 0 Å². The Balaban J connectivity index is 2.09. The SMILES string of the molecule is CN1CCCN1CCCN=C(N)N. The molecule has 0 atom stereocenters. The van der Waals surface area contributed by atoms with Crippen molar-refractivity contribution in [3.05, 3.63) is 0 Å². The number of hydrogen-bond acceptors (Lipinski definition) is 3. The summed E-state index contributed by atoms with van der Waals surface area (Å²) in [4.78, 5) is 3.94. The molecule has 1 aliphatic heterocycles. The molecular weight excluding hydrogens is 166 g/mol. The number of nitrogens with two attached hydrogens (primary N) is 2. The quantitative estimate of drug-likeness (QED) is 0.342. The maximum atomic E-state index is 5.22. The lowest BCUT2D eigenvalue weighted by molar-refractivity contribution is 0.0558. The van der Waals surface area contributed by atoms with Gasteiger partial charge in [0.1, 0.15) is 0 Å². The van der Waals surface area contributed by atoms with Crippen LogP contribution in [0.5, 0.6) is 0 Å². The van der Waals surface area contributed by atoms with Gasteiger partial charge >= 0.3 is 0 Å². The fourth-order valence-corrected chi connectivity index (χ4v) is 1.54. The van der Waals surface area contributed by atoms with Gasteiger partial charge in [-0.2, -0.15) is 0 Å². The Hall–Kier alpha value is -0.810. The molecule has 4 N–H and O–H groups in total. The van der Waals surface area contributed by atoms with Crippen LogP contribution in [0, 0.1) is 0 Å². The van der Waals surface area contributed by atoms with Crippen molar-refractivity contribution in [1.82, 2.24) is 10.0 Å². The molecule has 1 heterocycles. The van der Waals surface area contributed by atoms with Crippen LogP contribution in [0.1, 0.15) is 12.8 Å². The van der Waals surface area contributed by atoms with Crippen molar-refractivity contribution in [1.29, 1.82) is 0 Å². The Morgan fingerprint density at radius 1 is 1.38 bits per heavy atom. The third-order valence-electron chi connectivity index (χ3n) is 2.25. The van der Waals surface area contributed by atoms with Gasteiger partial charge in [0.15, 0.2) is 5.96 Å². The highest BCUT2D eigenvalue weighted by Gasteiger charge is 2.16. The Kier molecular flexibility index (Phi) is 3.98. The predicted molar refractivity (Wildman–Crippen MR) is 54.1 cm³/mol. The minimum atomic E-state index is 0.190. The van der Waals surface area contributed by atoms with E-state index >= 15 is 0 Å². The highest BCUT2D eigenvalue weighted by Crippen LogP contribution is 2.07. The van der Waals surface area contributed by atoms with Crippen LogP contribution in [0.4, 0.5) is 0 Å². The van der Waals surface area contributed by atoms with E-state index in [0.29, 0.717) is 0 Å². The summed E-state index contributed by atoms with van der Waals surface area (Å²) in [6.45, 7) is 4.11. The Morgan fingerprint density at radius 3 is 2.69 bits per heavy atom. The molecule has 0 radical (unpaired) electrons. The number of nitrogens with zero attached hydrogens (tertiary/aromatic N) is 3. The molecule has 76 valence electrons. The van der Waals surface area contributed by atoms with Crippen molar-refractivity contribution in [2.24, 2.45) is 16.5 Å². The van der Waals surface area contributed by atoms with Gasteiger partial charge in [0.2, 0.25) is 0 Å². The predicted octanol–water partition coefficient (Wildman–Crippen LogP) is -0.798. The maximum absolute atomic E-state index is 5.22. The molecule has 0 bridgehead atoms. The molecule has 0 aliphatic carbocycles. The maximum Gasteiger partial charge on any atom is 0.185 e. The number of hydrazine groups is 1. The van der Waals surface area contributed by atoms with Crippen molar-refractivity contribution in [2.75, 3.05) is 33.2 Å². The molecule has 5 heteroatoms. The van der Waals surface area contributed by atoms with Gasteiger partial charge in [-0.1, -0.05) is 0 Å². The van der Waals surface area contributed by atoms with Gasteiger partial charge in [0, 0.05) is 33.2 Å². The highest BCUT2D eigenvalue weighted by atomic mass is 15.6. The first-order chi connectivity index (χ1) is 6.20. The molecule has 0 aromatic carbocycles. The number of guanidine groups is 1. The van der Waals surface area contributed by atoms with Crippen molar-refractivity contribution in [2.45, 2.75) is 12.8 Å². The van der Waals surface area contributed by atoms with E-state index in [0.717, 1.165) is 19.5 Å². The van der Waals surface area contributed by atoms with E-state index in [1.165, 1.54) is 19.5 Å². The zero-order chi connectivity index (χ0) is 9.68. The first kappa shape index (κ1) is 10.3. The normalized spacial score (nSPS) is 19.2. The zero-order valence-corrected chi connectivity index (χ0v) is 8.24. The minimum Gasteiger partial charge on any atom is -0.370 e. The summed E-state index contributed by atoms with van der Waals surface area (Å²) in [5.74, 6) is 0.190. The lowest BCUT2D eigenvalue weighted by atomic mass is 10.4. The molecule has 0 aromatic heterocycles. The van der Waals surface area contributed by atoms with Crippen LogP contribution >= 0.6 is 0 Å². The molecule has 0 unspecified atom stereocenters. The molecule has 0 saturated carbocycles. The zero-order valence-electron chi connectivity index (χ0n) is 8.24. The second kappa shape index (κ2) is 5.04. The van der Waals surface area contributed by atoms with Crippen LogP contribution in [-0.4, -0.2) is 49.2 Å². The van der Waals surface area contributed by atoms with Crippen LogP contribution in [0.2, 0.25) is 0 Å². The second-order valence-corrected chi connectivity index (χ2v) is 3.35. The van der Waals surface area contributed by atoms with Gasteiger partial charge < -0.3 is 11.5 Å². The minimum absolute atomic E-state index is 0.190. The van der Waals surface area contributed by atoms with Gasteiger partial charge in [-0.05, 0) is 12.8 Å². The lowest BCUT2D eigenvalue weighted by Gasteiger charge is -2.23. The fourth-order valence-electron chi connectivity index (χ4n) is 1.54. The van der Waals surface area contributed by atoms with Crippen LogP contribution in [0.25, 0.3) is 0 Å². The summed E-state index contributed by atoms with van der Waals surface area (Å²) >= 11 is 0. The Bertz CT molecular complexity index is 175. The topological polar surface area (TPSA) is 70.9 Å². The van der Waals surface area contributed by atoms with Gasteiger partial charge in [0.05, 0.1) is 0 Å². The summed E-state index contributed by atoms with van der Waals surface area (Å²) in [7, 11) is 2.12. The van der Waals surface area contributed by atoms with Crippen LogP contribution < -0.4 is 11.5 Å². The van der Waals surface area contributed by atoms with E-state index in [4.69, 9.17) is 11.5 Å². The molecular formula is C8H19N5. The van der Waals surface area contributed by atoms with Crippen molar-refractivity contribution in [3.63, 3.8) is 0 Å². The molecule has 1 rings (SSSR count). The lowest BCUT2D eigenvalue weighted by Crippen LogP contribution is -2.34. The summed E-state index contributed by atoms with van der Waals surface area (Å²) in [6, 6.07) is 0. The fraction of sp³-hybridized carbons (Fsp3) is 0.875. The second-order valence-electron chi connectivity index (χ2n) is 3.35. The van der Waals surface area contributed by atoms with Crippen LogP contribution in [0.3, 0.4) is 0 Å². The van der Waals surface area contributed by atoms with E-state index in [1.54, 1.807) is 0 Å². The summed E-state index contributed by atoms with van der Waals surface area (Å²) in [5.41, 5.74) is 10.4. The summed E-state index contributed by atoms with van der Waals surface area (Å²) < 4.78 is 0. The van der Waals surface area contributed by atoms with Crippen molar-refractivity contribution >= 4 is 5.96 Å². The van der Waals surface area contributed by atoms with E-state index in [2.05, 4.69) is 22.1 Å². The monoisotopic (exact) mass is 185 g/mol. The molecule has 5 nitrogen and oxygen atoms in total. The third-order valence-corrected chi connectivity index (χ3v) is 2.25. The molecule has 13 heavy (non-hydrogen) atoms.